The summed E-state index contributed by atoms with van der Waals surface area (Å²) >= 11 is 1.91. The molecular weight excluding hydrogens is 238 g/mol. The quantitative estimate of drug-likeness (QED) is 0.835. The highest BCUT2D eigenvalue weighted by molar-refractivity contribution is 7.11. The normalized spacial score (nSPS) is 12.6. The van der Waals surface area contributed by atoms with Gasteiger partial charge in [-0.25, -0.2) is 0 Å². The van der Waals surface area contributed by atoms with Gasteiger partial charge in [0.25, 0.3) is 0 Å². The number of thiophene rings is 1. The molecule has 1 atom stereocenters. The first-order valence-electron chi connectivity index (χ1n) is 6.56. The lowest BCUT2D eigenvalue weighted by Crippen LogP contribution is -2.17. The van der Waals surface area contributed by atoms with E-state index in [4.69, 9.17) is 0 Å². The monoisotopic (exact) mass is 259 g/mol. The summed E-state index contributed by atoms with van der Waals surface area (Å²) in [6.45, 7) is 7.53. The minimum absolute atomic E-state index is 0.400. The van der Waals surface area contributed by atoms with E-state index < -0.39 is 0 Å². The molecule has 0 aliphatic heterocycles. The first-order chi connectivity index (χ1) is 8.69. The Morgan fingerprint density at radius 1 is 1.17 bits per heavy atom. The second-order valence-electron chi connectivity index (χ2n) is 4.74. The molecule has 96 valence electrons. The van der Waals surface area contributed by atoms with Gasteiger partial charge in [-0.05, 0) is 38.0 Å². The number of rotatable bonds is 5. The summed E-state index contributed by atoms with van der Waals surface area (Å²) in [4.78, 5) is 2.89. The molecular formula is C16H21NS. The van der Waals surface area contributed by atoms with Gasteiger partial charge in [0.05, 0.1) is 0 Å². The number of nitrogens with one attached hydrogen (secondary N) is 1. The Hall–Kier alpha value is -1.12. The van der Waals surface area contributed by atoms with Crippen molar-refractivity contribution in [1.29, 1.82) is 0 Å². The summed E-state index contributed by atoms with van der Waals surface area (Å²) in [6, 6.07) is 13.6. The van der Waals surface area contributed by atoms with E-state index in [1.807, 2.05) is 11.3 Å². The van der Waals surface area contributed by atoms with Gasteiger partial charge < -0.3 is 5.32 Å². The number of hydrogen-bond acceptors (Lipinski definition) is 2. The topological polar surface area (TPSA) is 12.0 Å². The Balaban J connectivity index is 1.93. The minimum Gasteiger partial charge on any atom is -0.305 e. The van der Waals surface area contributed by atoms with Crippen molar-refractivity contribution in [3.8, 4) is 0 Å². The molecule has 18 heavy (non-hydrogen) atoms. The molecule has 1 heterocycles. The molecule has 1 aromatic carbocycles. The van der Waals surface area contributed by atoms with Crippen LogP contribution in [0.4, 0.5) is 0 Å². The van der Waals surface area contributed by atoms with Gasteiger partial charge in [-0.2, -0.15) is 0 Å². The first kappa shape index (κ1) is 13.3. The second-order valence-corrected chi connectivity index (χ2v) is 5.99. The Kier molecular flexibility index (Phi) is 4.56. The molecule has 0 aliphatic rings. The zero-order chi connectivity index (χ0) is 13.0. The van der Waals surface area contributed by atoms with Crippen molar-refractivity contribution in [2.75, 3.05) is 0 Å². The van der Waals surface area contributed by atoms with E-state index in [9.17, 15) is 0 Å². The molecule has 1 nitrogen and oxygen atoms in total. The maximum Gasteiger partial charge on any atom is 0.0305 e. The zero-order valence-corrected chi connectivity index (χ0v) is 12.2. The Bertz CT molecular complexity index is 501. The summed E-state index contributed by atoms with van der Waals surface area (Å²) in [5.74, 6) is 0. The molecule has 0 unspecified atom stereocenters. The number of aryl methyl sites for hydroxylation is 2. The summed E-state index contributed by atoms with van der Waals surface area (Å²) in [5.41, 5.74) is 2.69. The lowest BCUT2D eigenvalue weighted by atomic mass is 10.1. The molecule has 2 rings (SSSR count). The summed E-state index contributed by atoms with van der Waals surface area (Å²) in [6.07, 6.45) is 1.14. The third kappa shape index (κ3) is 3.44. The van der Waals surface area contributed by atoms with Crippen molar-refractivity contribution < 1.29 is 0 Å². The fourth-order valence-electron chi connectivity index (χ4n) is 2.02. The highest BCUT2D eigenvalue weighted by Crippen LogP contribution is 2.19. The van der Waals surface area contributed by atoms with E-state index in [0.29, 0.717) is 6.04 Å². The van der Waals surface area contributed by atoms with Gasteiger partial charge in [0.15, 0.2) is 0 Å². The van der Waals surface area contributed by atoms with Gasteiger partial charge >= 0.3 is 0 Å². The van der Waals surface area contributed by atoms with Crippen LogP contribution in [0.3, 0.4) is 0 Å². The molecule has 0 fully saturated rings. The van der Waals surface area contributed by atoms with Crippen molar-refractivity contribution in [2.24, 2.45) is 0 Å². The molecule has 2 heteroatoms. The van der Waals surface area contributed by atoms with Crippen LogP contribution >= 0.6 is 11.3 Å². The Labute approximate surface area is 114 Å². The van der Waals surface area contributed by atoms with E-state index in [1.165, 1.54) is 20.9 Å². The lowest BCUT2D eigenvalue weighted by molar-refractivity contribution is 0.578. The average molecular weight is 259 g/mol. The van der Waals surface area contributed by atoms with Crippen LogP contribution in [0.1, 0.15) is 40.8 Å². The van der Waals surface area contributed by atoms with Crippen molar-refractivity contribution >= 4 is 11.3 Å². The van der Waals surface area contributed by atoms with Crippen molar-refractivity contribution in [2.45, 2.75) is 39.8 Å². The summed E-state index contributed by atoms with van der Waals surface area (Å²) in [5, 5.41) is 3.59. The fraction of sp³-hybridized carbons (Fsp3) is 0.375. The highest BCUT2D eigenvalue weighted by atomic mass is 32.1. The van der Waals surface area contributed by atoms with E-state index >= 15 is 0 Å². The van der Waals surface area contributed by atoms with Crippen LogP contribution in [0.25, 0.3) is 0 Å². The van der Waals surface area contributed by atoms with Gasteiger partial charge in [-0.1, -0.05) is 36.8 Å². The summed E-state index contributed by atoms with van der Waals surface area (Å²) < 4.78 is 0. The van der Waals surface area contributed by atoms with Crippen LogP contribution in [0.15, 0.2) is 36.4 Å². The zero-order valence-electron chi connectivity index (χ0n) is 11.4. The molecule has 0 bridgehead atoms. The average Bonchev–Trinajstić information content (AvgIpc) is 2.84. The van der Waals surface area contributed by atoms with Gasteiger partial charge in [0, 0.05) is 22.3 Å². The van der Waals surface area contributed by atoms with Crippen LogP contribution < -0.4 is 5.32 Å². The Morgan fingerprint density at radius 3 is 2.61 bits per heavy atom. The predicted molar refractivity (Wildman–Crippen MR) is 80.1 cm³/mol. The maximum absolute atomic E-state index is 3.59. The van der Waals surface area contributed by atoms with E-state index in [2.05, 4.69) is 62.5 Å². The minimum atomic E-state index is 0.400. The van der Waals surface area contributed by atoms with Gasteiger partial charge in [-0.3, -0.25) is 0 Å². The molecule has 0 spiro atoms. The van der Waals surface area contributed by atoms with Crippen LogP contribution in [0.2, 0.25) is 0 Å². The molecule has 0 aliphatic carbocycles. The molecule has 0 saturated carbocycles. The largest absolute Gasteiger partial charge is 0.305 e. The summed E-state index contributed by atoms with van der Waals surface area (Å²) in [7, 11) is 0. The molecule has 2 aromatic rings. The second kappa shape index (κ2) is 6.17. The first-order valence-corrected chi connectivity index (χ1v) is 7.38. The smallest absolute Gasteiger partial charge is 0.0305 e. The molecule has 1 N–H and O–H groups in total. The van der Waals surface area contributed by atoms with Crippen molar-refractivity contribution in [3.63, 3.8) is 0 Å². The highest BCUT2D eigenvalue weighted by Gasteiger charge is 2.05. The SMILES string of the molecule is CCc1ccc(CN[C@H](C)c2cccc(C)c2)s1. The van der Waals surface area contributed by atoms with E-state index in [-0.39, 0.29) is 0 Å². The van der Waals surface area contributed by atoms with Crippen molar-refractivity contribution in [3.05, 3.63) is 57.3 Å². The van der Waals surface area contributed by atoms with Gasteiger partial charge in [0.1, 0.15) is 0 Å². The molecule has 0 saturated heterocycles. The van der Waals surface area contributed by atoms with Crippen LogP contribution in [0, 0.1) is 6.92 Å². The lowest BCUT2D eigenvalue weighted by Gasteiger charge is -2.14. The van der Waals surface area contributed by atoms with E-state index in [0.717, 1.165) is 13.0 Å². The molecule has 0 amide bonds. The molecule has 1 aromatic heterocycles. The Morgan fingerprint density at radius 2 is 1.94 bits per heavy atom. The number of hydrogen-bond donors (Lipinski definition) is 1. The van der Waals surface area contributed by atoms with Crippen LogP contribution in [0.5, 0.6) is 0 Å². The number of benzene rings is 1. The maximum atomic E-state index is 3.59. The van der Waals surface area contributed by atoms with E-state index in [1.54, 1.807) is 0 Å². The van der Waals surface area contributed by atoms with Gasteiger partial charge in [0.2, 0.25) is 0 Å². The fourth-order valence-corrected chi connectivity index (χ4v) is 2.93. The predicted octanol–water partition coefficient (Wildman–Crippen LogP) is 4.47. The van der Waals surface area contributed by atoms with Gasteiger partial charge in [-0.15, -0.1) is 11.3 Å². The van der Waals surface area contributed by atoms with Crippen LogP contribution in [-0.2, 0) is 13.0 Å². The third-order valence-corrected chi connectivity index (χ3v) is 4.42. The molecule has 0 radical (unpaired) electrons. The van der Waals surface area contributed by atoms with Crippen LogP contribution in [-0.4, -0.2) is 0 Å². The standard InChI is InChI=1S/C16H21NS/c1-4-15-8-9-16(18-15)11-17-13(3)14-7-5-6-12(2)10-14/h5-10,13,17H,4,11H2,1-3H3/t13-/m1/s1. The van der Waals surface area contributed by atoms with Crippen molar-refractivity contribution in [1.82, 2.24) is 5.32 Å². The third-order valence-electron chi connectivity index (χ3n) is 3.19.